The molecule has 5 nitrogen and oxygen atoms in total. The van der Waals surface area contributed by atoms with E-state index in [1.807, 2.05) is 78.9 Å². The maximum Gasteiger partial charge on any atom is 0.227 e. The molecule has 2 amide bonds. The van der Waals surface area contributed by atoms with Gasteiger partial charge in [-0.1, -0.05) is 78.9 Å². The van der Waals surface area contributed by atoms with Gasteiger partial charge in [0.2, 0.25) is 11.8 Å². The van der Waals surface area contributed by atoms with Crippen molar-refractivity contribution in [3.63, 3.8) is 0 Å². The minimum absolute atomic E-state index is 0.0896. The first-order valence-electron chi connectivity index (χ1n) is 11.3. The Bertz CT molecular complexity index is 1050. The number of amides is 2. The summed E-state index contributed by atoms with van der Waals surface area (Å²) < 4.78 is 0. The van der Waals surface area contributed by atoms with Gasteiger partial charge in [-0.3, -0.25) is 9.59 Å². The molecule has 5 heteroatoms. The fourth-order valence-electron chi connectivity index (χ4n) is 3.75. The fraction of sp³-hybridized carbons (Fsp3) is 0.250. The molecule has 3 aromatic carbocycles. The predicted octanol–water partition coefficient (Wildman–Crippen LogP) is 5.20. The van der Waals surface area contributed by atoms with Crippen LogP contribution in [0.2, 0.25) is 0 Å². The molecule has 0 aliphatic carbocycles. The van der Waals surface area contributed by atoms with Crippen molar-refractivity contribution >= 4 is 17.5 Å². The third-order valence-corrected chi connectivity index (χ3v) is 5.48. The molecular formula is C28H29N3O2. The van der Waals surface area contributed by atoms with Crippen molar-refractivity contribution in [3.8, 4) is 6.07 Å². The highest BCUT2D eigenvalue weighted by Crippen LogP contribution is 2.20. The minimum atomic E-state index is -0.160. The second-order valence-corrected chi connectivity index (χ2v) is 7.84. The topological polar surface area (TPSA) is 73.2 Å². The van der Waals surface area contributed by atoms with Crippen molar-refractivity contribution in [2.24, 2.45) is 0 Å². The van der Waals surface area contributed by atoms with E-state index in [4.69, 9.17) is 5.26 Å². The summed E-state index contributed by atoms with van der Waals surface area (Å²) in [4.78, 5) is 27.2. The van der Waals surface area contributed by atoms with Gasteiger partial charge in [-0.15, -0.1) is 0 Å². The summed E-state index contributed by atoms with van der Waals surface area (Å²) in [6, 6.07) is 31.3. The van der Waals surface area contributed by atoms with E-state index < -0.39 is 0 Å². The van der Waals surface area contributed by atoms with Crippen LogP contribution < -0.4 is 10.2 Å². The lowest BCUT2D eigenvalue weighted by atomic mass is 9.98. The van der Waals surface area contributed by atoms with E-state index in [0.717, 1.165) is 24.1 Å². The quantitative estimate of drug-likeness (QED) is 0.446. The summed E-state index contributed by atoms with van der Waals surface area (Å²) >= 11 is 0. The van der Waals surface area contributed by atoms with E-state index in [0.29, 0.717) is 6.54 Å². The summed E-state index contributed by atoms with van der Waals surface area (Å²) in [6.07, 6.45) is 2.04. The molecule has 0 aliphatic rings. The van der Waals surface area contributed by atoms with Gasteiger partial charge in [0, 0.05) is 25.1 Å². The van der Waals surface area contributed by atoms with Crippen LogP contribution in [0.5, 0.6) is 0 Å². The molecule has 1 atom stereocenters. The van der Waals surface area contributed by atoms with Crippen molar-refractivity contribution in [3.05, 3.63) is 102 Å². The number of hydrogen-bond acceptors (Lipinski definition) is 3. The summed E-state index contributed by atoms with van der Waals surface area (Å²) in [7, 11) is 0. The van der Waals surface area contributed by atoms with Gasteiger partial charge in [0.15, 0.2) is 0 Å². The number of carbonyl (C=O) groups is 2. The van der Waals surface area contributed by atoms with E-state index in [2.05, 4.69) is 23.5 Å². The third kappa shape index (κ3) is 7.62. The molecule has 0 radical (unpaired) electrons. The number of nitriles is 1. The van der Waals surface area contributed by atoms with E-state index in [1.165, 1.54) is 5.56 Å². The Kier molecular flexibility index (Phi) is 9.23. The maximum atomic E-state index is 12.9. The molecule has 1 N–H and O–H groups in total. The van der Waals surface area contributed by atoms with Crippen LogP contribution in [0.4, 0.5) is 5.69 Å². The number of aryl methyl sites for hydroxylation is 1. The molecule has 0 saturated heterocycles. The van der Waals surface area contributed by atoms with Crippen molar-refractivity contribution < 1.29 is 9.59 Å². The number of anilines is 1. The highest BCUT2D eigenvalue weighted by atomic mass is 16.2. The number of nitrogens with one attached hydrogen (secondary N) is 1. The van der Waals surface area contributed by atoms with Crippen LogP contribution in [-0.4, -0.2) is 18.4 Å². The first-order valence-corrected chi connectivity index (χ1v) is 11.3. The van der Waals surface area contributed by atoms with Crippen LogP contribution >= 0.6 is 0 Å². The lowest BCUT2D eigenvalue weighted by Gasteiger charge is -2.22. The molecule has 0 saturated carbocycles. The van der Waals surface area contributed by atoms with Crippen molar-refractivity contribution in [2.75, 3.05) is 11.4 Å². The minimum Gasteiger partial charge on any atom is -0.349 e. The van der Waals surface area contributed by atoms with Gasteiger partial charge in [0.05, 0.1) is 18.5 Å². The molecular weight excluding hydrogens is 410 g/mol. The lowest BCUT2D eigenvalue weighted by molar-refractivity contribution is -0.125. The zero-order valence-electron chi connectivity index (χ0n) is 18.7. The van der Waals surface area contributed by atoms with Crippen LogP contribution in [0.1, 0.15) is 42.9 Å². The maximum absolute atomic E-state index is 12.9. The Hall–Kier alpha value is -3.91. The lowest BCUT2D eigenvalue weighted by Crippen LogP contribution is -2.34. The first-order chi connectivity index (χ1) is 16.2. The summed E-state index contributed by atoms with van der Waals surface area (Å²) in [6.45, 7) is 0.310. The van der Waals surface area contributed by atoms with E-state index in [1.54, 1.807) is 4.90 Å². The highest BCUT2D eigenvalue weighted by Gasteiger charge is 2.19. The molecule has 168 valence electrons. The van der Waals surface area contributed by atoms with Gasteiger partial charge < -0.3 is 10.2 Å². The third-order valence-electron chi connectivity index (χ3n) is 5.48. The summed E-state index contributed by atoms with van der Waals surface area (Å²) in [5.74, 6) is -0.314. The number of carbonyl (C=O) groups excluding carboxylic acids is 2. The van der Waals surface area contributed by atoms with Gasteiger partial charge in [0.25, 0.3) is 0 Å². The normalized spacial score (nSPS) is 11.2. The zero-order chi connectivity index (χ0) is 23.3. The van der Waals surface area contributed by atoms with Crippen molar-refractivity contribution in [1.82, 2.24) is 5.32 Å². The Morgan fingerprint density at radius 2 is 1.45 bits per heavy atom. The average Bonchev–Trinajstić information content (AvgIpc) is 2.87. The van der Waals surface area contributed by atoms with Gasteiger partial charge in [-0.25, -0.2) is 0 Å². The van der Waals surface area contributed by atoms with Crippen LogP contribution in [-0.2, 0) is 16.0 Å². The number of hydrogen-bond donors (Lipinski definition) is 1. The molecule has 1 unspecified atom stereocenters. The van der Waals surface area contributed by atoms with Gasteiger partial charge >= 0.3 is 0 Å². The Morgan fingerprint density at radius 3 is 2.09 bits per heavy atom. The van der Waals surface area contributed by atoms with Gasteiger partial charge in [-0.05, 0) is 36.1 Å². The number of rotatable bonds is 11. The van der Waals surface area contributed by atoms with Crippen LogP contribution in [0.3, 0.4) is 0 Å². The molecule has 3 aromatic rings. The van der Waals surface area contributed by atoms with E-state index >= 15 is 0 Å². The Labute approximate surface area is 195 Å². The monoisotopic (exact) mass is 439 g/mol. The first kappa shape index (κ1) is 23.7. The van der Waals surface area contributed by atoms with Crippen LogP contribution in [0.15, 0.2) is 91.0 Å². The number of nitrogens with zero attached hydrogens (tertiary/aromatic N) is 2. The molecule has 0 bridgehead atoms. The largest absolute Gasteiger partial charge is 0.349 e. The zero-order valence-corrected chi connectivity index (χ0v) is 18.7. The molecule has 0 spiro atoms. The second-order valence-electron chi connectivity index (χ2n) is 7.84. The number of benzene rings is 3. The molecule has 0 aromatic heterocycles. The summed E-state index contributed by atoms with van der Waals surface area (Å²) in [5, 5.41) is 12.1. The standard InChI is InChI=1S/C28H29N3O2/c29-21-10-22-31(25-15-8-3-9-16-25)28(33)20-19-27(32)30-26(24-13-6-2-7-14-24)18-17-23-11-4-1-5-12-23/h1-9,11-16,26H,10,17-20,22H2,(H,30,32). The van der Waals surface area contributed by atoms with Crippen molar-refractivity contribution in [2.45, 2.75) is 38.1 Å². The Morgan fingerprint density at radius 1 is 0.848 bits per heavy atom. The van der Waals surface area contributed by atoms with E-state index in [-0.39, 0.29) is 37.1 Å². The fourth-order valence-corrected chi connectivity index (χ4v) is 3.75. The van der Waals surface area contributed by atoms with Crippen LogP contribution in [0, 0.1) is 11.3 Å². The average molecular weight is 440 g/mol. The SMILES string of the molecule is N#CCCN(C(=O)CCC(=O)NC(CCc1ccccc1)c1ccccc1)c1ccccc1. The van der Waals surface area contributed by atoms with Crippen molar-refractivity contribution in [1.29, 1.82) is 5.26 Å². The molecule has 3 rings (SSSR count). The summed E-state index contributed by atoms with van der Waals surface area (Å²) in [5.41, 5.74) is 3.01. The van der Waals surface area contributed by atoms with E-state index in [9.17, 15) is 9.59 Å². The molecule has 0 fully saturated rings. The Balaban J connectivity index is 1.60. The number of para-hydroxylation sites is 1. The molecule has 33 heavy (non-hydrogen) atoms. The molecule has 0 heterocycles. The highest BCUT2D eigenvalue weighted by molar-refractivity contribution is 5.95. The predicted molar refractivity (Wildman–Crippen MR) is 130 cm³/mol. The van der Waals surface area contributed by atoms with Gasteiger partial charge in [-0.2, -0.15) is 5.26 Å². The van der Waals surface area contributed by atoms with Gasteiger partial charge in [0.1, 0.15) is 0 Å². The smallest absolute Gasteiger partial charge is 0.227 e. The van der Waals surface area contributed by atoms with Crippen LogP contribution in [0.25, 0.3) is 0 Å². The molecule has 0 aliphatic heterocycles. The second kappa shape index (κ2) is 12.8.